The standard InChI is InChI=1S/C12H12FN3OS/c1-7(14)11-8(13)3-2-4-9(11)18-12-15-6-5-10(17)16-12/h2-7H,14H2,1H3,(H,15,16,17)/t7-/m1/s1. The number of rotatable bonds is 3. The smallest absolute Gasteiger partial charge is 0.251 e. The van der Waals surface area contributed by atoms with Crippen LogP contribution in [0.1, 0.15) is 18.5 Å². The molecule has 0 saturated carbocycles. The molecule has 1 atom stereocenters. The number of nitrogens with one attached hydrogen (secondary N) is 1. The summed E-state index contributed by atoms with van der Waals surface area (Å²) in [6.07, 6.45) is 1.41. The predicted molar refractivity (Wildman–Crippen MR) is 68.0 cm³/mol. The van der Waals surface area contributed by atoms with Gasteiger partial charge in [0.05, 0.1) is 0 Å². The van der Waals surface area contributed by atoms with E-state index in [1.165, 1.54) is 30.1 Å². The minimum Gasteiger partial charge on any atom is -0.324 e. The van der Waals surface area contributed by atoms with E-state index in [1.54, 1.807) is 19.1 Å². The van der Waals surface area contributed by atoms with Crippen molar-refractivity contribution in [2.24, 2.45) is 5.73 Å². The van der Waals surface area contributed by atoms with Crippen LogP contribution in [-0.2, 0) is 0 Å². The molecule has 18 heavy (non-hydrogen) atoms. The monoisotopic (exact) mass is 265 g/mol. The van der Waals surface area contributed by atoms with Crippen molar-refractivity contribution in [1.29, 1.82) is 0 Å². The molecule has 4 nitrogen and oxygen atoms in total. The second-order valence-corrected chi connectivity index (χ2v) is 4.81. The third-order valence-electron chi connectivity index (χ3n) is 2.32. The molecule has 2 rings (SSSR count). The molecule has 0 saturated heterocycles. The zero-order chi connectivity index (χ0) is 13.1. The molecular weight excluding hydrogens is 253 g/mol. The Bertz CT molecular complexity index is 612. The van der Waals surface area contributed by atoms with Crippen molar-refractivity contribution in [3.63, 3.8) is 0 Å². The zero-order valence-electron chi connectivity index (χ0n) is 9.68. The van der Waals surface area contributed by atoms with Crippen LogP contribution in [0, 0.1) is 5.82 Å². The van der Waals surface area contributed by atoms with Crippen LogP contribution in [0.4, 0.5) is 4.39 Å². The summed E-state index contributed by atoms with van der Waals surface area (Å²) < 4.78 is 13.7. The van der Waals surface area contributed by atoms with Gasteiger partial charge in [0.15, 0.2) is 5.16 Å². The maximum atomic E-state index is 13.7. The summed E-state index contributed by atoms with van der Waals surface area (Å²) >= 11 is 1.18. The van der Waals surface area contributed by atoms with Crippen LogP contribution in [0.25, 0.3) is 0 Å². The first-order chi connectivity index (χ1) is 8.58. The van der Waals surface area contributed by atoms with Gasteiger partial charge in [0, 0.05) is 28.8 Å². The second kappa shape index (κ2) is 5.32. The van der Waals surface area contributed by atoms with E-state index in [-0.39, 0.29) is 11.4 Å². The van der Waals surface area contributed by atoms with Gasteiger partial charge in [-0.15, -0.1) is 0 Å². The van der Waals surface area contributed by atoms with Gasteiger partial charge in [-0.05, 0) is 19.1 Å². The van der Waals surface area contributed by atoms with Gasteiger partial charge < -0.3 is 10.7 Å². The Balaban J connectivity index is 2.40. The molecule has 0 unspecified atom stereocenters. The number of hydrogen-bond donors (Lipinski definition) is 2. The lowest BCUT2D eigenvalue weighted by Crippen LogP contribution is -2.10. The molecule has 0 spiro atoms. The summed E-state index contributed by atoms with van der Waals surface area (Å²) in [6.45, 7) is 1.71. The van der Waals surface area contributed by atoms with E-state index >= 15 is 0 Å². The summed E-state index contributed by atoms with van der Waals surface area (Å²) in [5.74, 6) is -0.353. The highest BCUT2D eigenvalue weighted by atomic mass is 32.2. The predicted octanol–water partition coefficient (Wildman–Crippen LogP) is 2.08. The molecule has 0 bridgehead atoms. The Labute approximate surface area is 107 Å². The van der Waals surface area contributed by atoms with E-state index in [4.69, 9.17) is 5.73 Å². The van der Waals surface area contributed by atoms with Crippen molar-refractivity contribution in [2.75, 3.05) is 0 Å². The fourth-order valence-electron chi connectivity index (χ4n) is 1.56. The molecule has 0 amide bonds. The van der Waals surface area contributed by atoms with E-state index in [1.807, 2.05) is 0 Å². The molecule has 0 aliphatic carbocycles. The van der Waals surface area contributed by atoms with Crippen LogP contribution in [0.15, 0.2) is 45.3 Å². The van der Waals surface area contributed by atoms with Crippen molar-refractivity contribution >= 4 is 11.8 Å². The average molecular weight is 265 g/mol. The molecule has 1 aromatic heterocycles. The van der Waals surface area contributed by atoms with Gasteiger partial charge in [-0.25, -0.2) is 9.37 Å². The Morgan fingerprint density at radius 2 is 2.22 bits per heavy atom. The maximum absolute atomic E-state index is 13.7. The quantitative estimate of drug-likeness (QED) is 0.833. The lowest BCUT2D eigenvalue weighted by Gasteiger charge is -2.12. The largest absolute Gasteiger partial charge is 0.324 e. The SMILES string of the molecule is C[C@@H](N)c1c(F)cccc1Sc1nccc(=O)[nH]1. The number of H-pyrrole nitrogens is 1. The highest BCUT2D eigenvalue weighted by molar-refractivity contribution is 7.99. The molecular formula is C12H12FN3OS. The molecule has 6 heteroatoms. The molecule has 94 valence electrons. The highest BCUT2D eigenvalue weighted by Crippen LogP contribution is 2.31. The van der Waals surface area contributed by atoms with E-state index < -0.39 is 6.04 Å². The van der Waals surface area contributed by atoms with Crippen LogP contribution in [0.3, 0.4) is 0 Å². The van der Waals surface area contributed by atoms with Gasteiger partial charge in [0.25, 0.3) is 5.56 Å². The normalized spacial score (nSPS) is 12.4. The molecule has 1 aromatic carbocycles. The van der Waals surface area contributed by atoms with Gasteiger partial charge in [-0.1, -0.05) is 17.8 Å². The van der Waals surface area contributed by atoms with E-state index in [9.17, 15) is 9.18 Å². The third-order valence-corrected chi connectivity index (χ3v) is 3.30. The Morgan fingerprint density at radius 1 is 1.44 bits per heavy atom. The first kappa shape index (κ1) is 12.8. The Hall–Kier alpha value is -1.66. The molecule has 0 radical (unpaired) electrons. The second-order valence-electron chi connectivity index (χ2n) is 3.78. The minimum absolute atomic E-state index is 0.244. The summed E-state index contributed by atoms with van der Waals surface area (Å²) in [5.41, 5.74) is 5.93. The van der Waals surface area contributed by atoms with Crippen LogP contribution in [0.5, 0.6) is 0 Å². The highest BCUT2D eigenvalue weighted by Gasteiger charge is 2.14. The van der Waals surface area contributed by atoms with Crippen molar-refractivity contribution in [1.82, 2.24) is 9.97 Å². The number of benzene rings is 1. The summed E-state index contributed by atoms with van der Waals surface area (Å²) in [4.78, 5) is 18.4. The molecule has 1 heterocycles. The van der Waals surface area contributed by atoms with Gasteiger partial charge in [-0.3, -0.25) is 4.79 Å². The van der Waals surface area contributed by atoms with Crippen LogP contribution in [0.2, 0.25) is 0 Å². The first-order valence-electron chi connectivity index (χ1n) is 5.35. The van der Waals surface area contributed by atoms with Crippen molar-refractivity contribution in [2.45, 2.75) is 23.0 Å². The Kier molecular flexibility index (Phi) is 3.78. The average Bonchev–Trinajstić information content (AvgIpc) is 2.28. The van der Waals surface area contributed by atoms with E-state index in [2.05, 4.69) is 9.97 Å². The van der Waals surface area contributed by atoms with Crippen LogP contribution < -0.4 is 11.3 Å². The maximum Gasteiger partial charge on any atom is 0.251 e. The fraction of sp³-hybridized carbons (Fsp3) is 0.167. The number of nitrogens with zero attached hydrogens (tertiary/aromatic N) is 1. The van der Waals surface area contributed by atoms with Gasteiger partial charge in [0.1, 0.15) is 5.82 Å². The van der Waals surface area contributed by atoms with Crippen molar-refractivity contribution in [3.8, 4) is 0 Å². The third kappa shape index (κ3) is 2.77. The van der Waals surface area contributed by atoms with Gasteiger partial charge >= 0.3 is 0 Å². The van der Waals surface area contributed by atoms with Crippen LogP contribution >= 0.6 is 11.8 Å². The number of halogens is 1. The van der Waals surface area contributed by atoms with Crippen molar-refractivity contribution in [3.05, 3.63) is 52.2 Å². The molecule has 0 aliphatic heterocycles. The van der Waals surface area contributed by atoms with Gasteiger partial charge in [0.2, 0.25) is 0 Å². The molecule has 0 aliphatic rings. The minimum atomic E-state index is -0.427. The number of hydrogen-bond acceptors (Lipinski definition) is 4. The summed E-state index contributed by atoms with van der Waals surface area (Å²) in [5, 5.41) is 0.412. The topological polar surface area (TPSA) is 71.8 Å². The van der Waals surface area contributed by atoms with Gasteiger partial charge in [-0.2, -0.15) is 0 Å². The van der Waals surface area contributed by atoms with E-state index in [0.717, 1.165) is 0 Å². The Morgan fingerprint density at radius 3 is 2.89 bits per heavy atom. The lowest BCUT2D eigenvalue weighted by molar-refractivity contribution is 0.585. The summed E-state index contributed by atoms with van der Waals surface area (Å²) in [6, 6.07) is 5.61. The first-order valence-corrected chi connectivity index (χ1v) is 6.17. The molecule has 3 N–H and O–H groups in total. The molecule has 0 fully saturated rings. The molecule has 2 aromatic rings. The van der Waals surface area contributed by atoms with E-state index in [0.29, 0.717) is 15.6 Å². The zero-order valence-corrected chi connectivity index (χ0v) is 10.5. The fourth-order valence-corrected chi connectivity index (χ4v) is 2.57. The number of aromatic nitrogens is 2. The lowest BCUT2D eigenvalue weighted by atomic mass is 10.1. The van der Waals surface area contributed by atoms with Crippen molar-refractivity contribution < 1.29 is 4.39 Å². The van der Waals surface area contributed by atoms with Crippen LogP contribution in [-0.4, -0.2) is 9.97 Å². The number of nitrogens with two attached hydrogens (primary N) is 1. The number of aromatic amines is 1. The summed E-state index contributed by atoms with van der Waals surface area (Å²) in [7, 11) is 0.